The van der Waals surface area contributed by atoms with Crippen LogP contribution >= 0.6 is 0 Å². The van der Waals surface area contributed by atoms with Gasteiger partial charge in [-0.15, -0.1) is 5.10 Å². The highest BCUT2D eigenvalue weighted by Crippen LogP contribution is 2.66. The zero-order chi connectivity index (χ0) is 49.8. The maximum absolute atomic E-state index is 16.5. The minimum absolute atomic E-state index is 0.0155. The molecule has 16 nitrogen and oxygen atoms in total. The van der Waals surface area contributed by atoms with Crippen molar-refractivity contribution in [3.8, 4) is 17.6 Å². The third-order valence-electron chi connectivity index (χ3n) is 13.5. The summed E-state index contributed by atoms with van der Waals surface area (Å²) in [4.78, 5) is 65.1. The van der Waals surface area contributed by atoms with Gasteiger partial charge in [0.05, 0.1) is 48.5 Å². The number of hydrogen-bond donors (Lipinski definition) is 3. The van der Waals surface area contributed by atoms with Crippen molar-refractivity contribution >= 4 is 40.6 Å². The molecule has 0 bridgehead atoms. The van der Waals surface area contributed by atoms with Gasteiger partial charge >= 0.3 is 12.1 Å². The number of aliphatic hydroxyl groups excluding tert-OH is 2. The van der Waals surface area contributed by atoms with E-state index in [-0.39, 0.29) is 50.8 Å². The van der Waals surface area contributed by atoms with Crippen molar-refractivity contribution in [1.82, 2.24) is 25.2 Å². The molecule has 1 aromatic heterocycles. The second kappa shape index (κ2) is 20.6. The highest BCUT2D eigenvalue weighted by Gasteiger charge is 2.75. The van der Waals surface area contributed by atoms with Gasteiger partial charge in [0, 0.05) is 19.2 Å². The molecule has 2 saturated heterocycles. The number of aliphatic hydroxyl groups is 2. The maximum atomic E-state index is 16.5. The Morgan fingerprint density at radius 2 is 1.50 bits per heavy atom. The van der Waals surface area contributed by atoms with Crippen molar-refractivity contribution in [2.45, 2.75) is 42.3 Å². The summed E-state index contributed by atoms with van der Waals surface area (Å²) in [6, 6.07) is 43.3. The van der Waals surface area contributed by atoms with E-state index in [4.69, 9.17) is 18.9 Å². The number of imide groups is 1. The molecule has 0 unspecified atom stereocenters. The number of esters is 1. The molecule has 0 saturated carbocycles. The van der Waals surface area contributed by atoms with E-state index in [0.29, 0.717) is 39.1 Å². The Morgan fingerprint density at radius 3 is 2.22 bits per heavy atom. The first-order chi connectivity index (χ1) is 35.2. The van der Waals surface area contributed by atoms with E-state index in [2.05, 4.69) is 27.5 Å². The highest BCUT2D eigenvalue weighted by molar-refractivity contribution is 6.23. The summed E-state index contributed by atoms with van der Waals surface area (Å²) in [5.74, 6) is 2.83. The van der Waals surface area contributed by atoms with Crippen LogP contribution in [-0.2, 0) is 40.6 Å². The smallest absolute Gasteiger partial charge is 0.421 e. The van der Waals surface area contributed by atoms with Crippen LogP contribution in [0, 0.1) is 17.8 Å². The second-order valence-electron chi connectivity index (χ2n) is 17.6. The Hall–Kier alpha value is -8.20. The molecule has 6 aromatic carbocycles. The number of hydrogen-bond acceptors (Lipinski definition) is 13. The van der Waals surface area contributed by atoms with E-state index in [0.717, 1.165) is 10.4 Å². The van der Waals surface area contributed by atoms with Crippen molar-refractivity contribution < 1.29 is 48.3 Å². The number of methoxy groups -OCH3 is 1. The molecule has 2 fully saturated rings. The molecular weight excluding hydrogens is 917 g/mol. The maximum Gasteiger partial charge on any atom is 0.421 e. The summed E-state index contributed by atoms with van der Waals surface area (Å²) in [6.45, 7) is -0.518. The fourth-order valence-corrected chi connectivity index (χ4v) is 10.5. The molecule has 4 heterocycles. The summed E-state index contributed by atoms with van der Waals surface area (Å²) >= 11 is 0. The topological polar surface area (TPSA) is 195 Å². The monoisotopic (exact) mass is 966 g/mol. The lowest BCUT2D eigenvalue weighted by molar-refractivity contribution is -0.178. The number of carbonyl (C=O) groups is 4. The number of carbonyl (C=O) groups excluding carboxylic acids is 4. The quantitative estimate of drug-likeness (QED) is 0.0639. The molecule has 3 amide bonds. The normalized spacial score (nSPS) is 21.6. The molecule has 7 aromatic rings. The van der Waals surface area contributed by atoms with Crippen molar-refractivity contribution in [1.29, 1.82) is 0 Å². The van der Waals surface area contributed by atoms with Gasteiger partial charge in [-0.25, -0.2) is 14.4 Å². The number of rotatable bonds is 14. The molecule has 10 rings (SSSR count). The van der Waals surface area contributed by atoms with E-state index in [1.165, 1.54) is 7.11 Å². The van der Waals surface area contributed by atoms with Crippen LogP contribution in [0.2, 0.25) is 0 Å². The van der Waals surface area contributed by atoms with Gasteiger partial charge in [-0.2, -0.15) is 0 Å². The molecule has 3 aliphatic heterocycles. The molecule has 72 heavy (non-hydrogen) atoms. The lowest BCUT2D eigenvalue weighted by Gasteiger charge is -2.46. The SMILES string of the molecule is COCCOC(=O)N1C(=O)[C@@]2(c3cc(C#CCn4nnc5ccccc54)ccc31)[C@H](c1ccc(OCCO)cc1)N1[C@H](c3ccccc3)[C@H](c3ccccc3)OC(=O)[C@H]1[C@@H]2C(=O)NC[C@H](O)c1ccccc1. The Balaban J connectivity index is 1.22. The van der Waals surface area contributed by atoms with Crippen molar-refractivity contribution in [2.24, 2.45) is 5.92 Å². The number of morpholine rings is 1. The molecule has 0 aliphatic carbocycles. The van der Waals surface area contributed by atoms with Crippen molar-refractivity contribution in [3.63, 3.8) is 0 Å². The van der Waals surface area contributed by atoms with E-state index >= 15 is 14.4 Å². The molecule has 0 radical (unpaired) electrons. The lowest BCUT2D eigenvalue weighted by Crippen LogP contribution is -2.56. The van der Waals surface area contributed by atoms with Crippen LogP contribution < -0.4 is 15.0 Å². The summed E-state index contributed by atoms with van der Waals surface area (Å²) in [7, 11) is 1.45. The number of benzene rings is 6. The number of aromatic nitrogens is 3. The summed E-state index contributed by atoms with van der Waals surface area (Å²) < 4.78 is 25.0. The highest BCUT2D eigenvalue weighted by atomic mass is 16.6. The van der Waals surface area contributed by atoms with Gasteiger partial charge in [-0.3, -0.25) is 19.3 Å². The Labute approximate surface area is 414 Å². The van der Waals surface area contributed by atoms with Gasteiger partial charge in [0.25, 0.3) is 0 Å². The predicted octanol–water partition coefficient (Wildman–Crippen LogP) is 6.15. The Bertz CT molecular complexity index is 3160. The van der Waals surface area contributed by atoms with E-state index in [1.807, 2.05) is 95.9 Å². The zero-order valence-electron chi connectivity index (χ0n) is 39.1. The Morgan fingerprint density at radius 1 is 0.806 bits per heavy atom. The minimum Gasteiger partial charge on any atom is -0.491 e. The predicted molar refractivity (Wildman–Crippen MR) is 263 cm³/mol. The molecule has 7 atom stereocenters. The van der Waals surface area contributed by atoms with Crippen LogP contribution in [0.1, 0.15) is 57.7 Å². The Kier molecular flexibility index (Phi) is 13.6. The van der Waals surface area contributed by atoms with Gasteiger partial charge in [-0.05, 0) is 70.3 Å². The summed E-state index contributed by atoms with van der Waals surface area (Å²) in [5, 5.41) is 32.6. The first-order valence-electron chi connectivity index (χ1n) is 23.6. The third kappa shape index (κ3) is 8.62. The zero-order valence-corrected chi connectivity index (χ0v) is 39.1. The van der Waals surface area contributed by atoms with Gasteiger partial charge in [0.1, 0.15) is 48.6 Å². The van der Waals surface area contributed by atoms with E-state index in [1.54, 1.807) is 71.4 Å². The summed E-state index contributed by atoms with van der Waals surface area (Å²) in [6.07, 6.45) is -3.15. The fourth-order valence-electron chi connectivity index (χ4n) is 10.5. The van der Waals surface area contributed by atoms with Crippen LogP contribution in [0.3, 0.4) is 0 Å². The van der Waals surface area contributed by atoms with Crippen LogP contribution in [0.15, 0.2) is 158 Å². The molecular formula is C56H50N6O10. The number of nitrogens with zero attached hydrogens (tertiary/aromatic N) is 5. The minimum atomic E-state index is -2.12. The van der Waals surface area contributed by atoms with Gasteiger partial charge in [-0.1, -0.05) is 132 Å². The molecule has 1 spiro atoms. The van der Waals surface area contributed by atoms with Gasteiger partial charge < -0.3 is 34.5 Å². The lowest BCUT2D eigenvalue weighted by atomic mass is 9.65. The van der Waals surface area contributed by atoms with Crippen molar-refractivity contribution in [3.05, 3.63) is 191 Å². The molecule has 3 N–H and O–H groups in total. The third-order valence-corrected chi connectivity index (χ3v) is 13.5. The first kappa shape index (κ1) is 47.5. The summed E-state index contributed by atoms with van der Waals surface area (Å²) in [5.41, 5.74) is 2.55. The fraction of sp³-hybridized carbons (Fsp3) is 0.250. The molecule has 16 heteroatoms. The second-order valence-corrected chi connectivity index (χ2v) is 17.6. The first-order valence-corrected chi connectivity index (χ1v) is 23.6. The van der Waals surface area contributed by atoms with Crippen LogP contribution in [0.25, 0.3) is 11.0 Å². The van der Waals surface area contributed by atoms with Gasteiger partial charge in [0.15, 0.2) is 0 Å². The van der Waals surface area contributed by atoms with Crippen LogP contribution in [-0.4, -0.2) is 100 Å². The largest absolute Gasteiger partial charge is 0.491 e. The number of nitrogens with one attached hydrogen (secondary N) is 1. The molecule has 364 valence electrons. The average molecular weight is 967 g/mol. The number of ether oxygens (including phenoxy) is 4. The van der Waals surface area contributed by atoms with E-state index < -0.39 is 65.5 Å². The standard InChI is InChI=1S/C56H50N6O10/c1-69-32-33-71-55(68)61-44-28-23-36(14-13-29-60-45-22-12-11-21-43(45)58-59-60)34-42(44)56(54(61)67)47(52(65)57-35-46(64)37-15-5-2-6-16-37)49-53(66)72-50(39-19-9-4-10-20-39)48(38-17-7-3-8-18-38)62(49)51(56)40-24-26-41(27-25-40)70-31-30-63/h2-12,15-28,34,46-51,63-64H,29-33,35H2,1H3,(H,57,65)/t46-,47+,48+,49+,50-,51-,56+/m0/s1. The number of cyclic esters (lactones) is 1. The number of anilines is 1. The average Bonchev–Trinajstić information content (AvgIpc) is 4.06. The van der Waals surface area contributed by atoms with Crippen LogP contribution in [0.5, 0.6) is 5.75 Å². The number of fused-ring (bicyclic) bond motifs is 4. The van der Waals surface area contributed by atoms with Crippen molar-refractivity contribution in [2.75, 3.05) is 45.0 Å². The number of amides is 3. The molecule has 3 aliphatic rings. The van der Waals surface area contributed by atoms with Gasteiger partial charge in [0.2, 0.25) is 11.8 Å². The number of para-hydroxylation sites is 1. The van der Waals surface area contributed by atoms with E-state index in [9.17, 15) is 15.0 Å². The van der Waals surface area contributed by atoms with Crippen LogP contribution in [0.4, 0.5) is 10.5 Å².